The SMILES string of the molecule is CC(=O)OC12CC3CC(C1)CC(C(=O)Nc1ccc(-c4nc5ccc(NC(=O)C67CC8CC(CC(OC(C)=O)(C8)C6)C7)cc5[nH]4)cc1)(C3)C2. The predicted molar refractivity (Wildman–Crippen MR) is 182 cm³/mol. The Bertz CT molecular complexity index is 1870. The Labute approximate surface area is 285 Å². The van der Waals surface area contributed by atoms with Gasteiger partial charge in [0.15, 0.2) is 0 Å². The average molecular weight is 665 g/mol. The van der Waals surface area contributed by atoms with E-state index in [2.05, 4.69) is 15.6 Å². The number of imidazole rings is 1. The van der Waals surface area contributed by atoms with Gasteiger partial charge in [0.2, 0.25) is 11.8 Å². The smallest absolute Gasteiger partial charge is 0.303 e. The number of carbonyl (C=O) groups excluding carboxylic acids is 4. The number of H-pyrrole nitrogens is 1. The number of fused-ring (bicyclic) bond motifs is 1. The molecule has 0 spiro atoms. The van der Waals surface area contributed by atoms with Crippen LogP contribution in [0.4, 0.5) is 11.4 Å². The molecule has 49 heavy (non-hydrogen) atoms. The molecule has 2 aromatic carbocycles. The molecule has 1 aromatic heterocycles. The fourth-order valence-corrected chi connectivity index (χ4v) is 12.2. The number of carbonyl (C=O) groups is 4. The fraction of sp³-hybridized carbons (Fsp3) is 0.564. The van der Waals surface area contributed by atoms with Crippen molar-refractivity contribution in [2.24, 2.45) is 34.5 Å². The van der Waals surface area contributed by atoms with Gasteiger partial charge in [0.1, 0.15) is 17.0 Å². The quantitative estimate of drug-likeness (QED) is 0.233. The van der Waals surface area contributed by atoms with E-state index in [9.17, 15) is 19.2 Å². The van der Waals surface area contributed by atoms with Crippen molar-refractivity contribution in [3.8, 4) is 11.4 Å². The summed E-state index contributed by atoms with van der Waals surface area (Å²) in [5.41, 5.74) is 1.92. The summed E-state index contributed by atoms with van der Waals surface area (Å²) in [4.78, 5) is 59.8. The van der Waals surface area contributed by atoms with Crippen molar-refractivity contribution < 1.29 is 28.7 Å². The van der Waals surface area contributed by atoms with E-state index in [1.165, 1.54) is 13.8 Å². The van der Waals surface area contributed by atoms with E-state index in [0.717, 1.165) is 86.5 Å². The molecule has 4 atom stereocenters. The molecule has 3 aromatic rings. The van der Waals surface area contributed by atoms with Crippen LogP contribution in [0.3, 0.4) is 0 Å². The maximum atomic E-state index is 13.9. The van der Waals surface area contributed by atoms with Crippen molar-refractivity contribution in [3.05, 3.63) is 42.5 Å². The first-order chi connectivity index (χ1) is 23.4. The molecule has 4 unspecified atom stereocenters. The highest BCUT2D eigenvalue weighted by Gasteiger charge is 2.63. The molecule has 8 fully saturated rings. The van der Waals surface area contributed by atoms with E-state index in [0.29, 0.717) is 48.0 Å². The lowest BCUT2D eigenvalue weighted by molar-refractivity contribution is -0.200. The van der Waals surface area contributed by atoms with Gasteiger partial charge in [-0.3, -0.25) is 19.2 Å². The van der Waals surface area contributed by atoms with E-state index < -0.39 is 22.0 Å². The van der Waals surface area contributed by atoms with Gasteiger partial charge in [-0.05, 0) is 130 Å². The maximum absolute atomic E-state index is 13.9. The number of hydrogen-bond donors (Lipinski definition) is 3. The summed E-state index contributed by atoms with van der Waals surface area (Å²) in [7, 11) is 0. The lowest BCUT2D eigenvalue weighted by Crippen LogP contribution is -2.60. The summed E-state index contributed by atoms with van der Waals surface area (Å²) in [6.45, 7) is 2.94. The van der Waals surface area contributed by atoms with E-state index in [1.807, 2.05) is 42.5 Å². The molecule has 8 saturated carbocycles. The third kappa shape index (κ3) is 5.24. The number of aromatic nitrogens is 2. The summed E-state index contributed by atoms with van der Waals surface area (Å²) < 4.78 is 11.8. The van der Waals surface area contributed by atoms with Gasteiger partial charge in [-0.15, -0.1) is 0 Å². The van der Waals surface area contributed by atoms with E-state index in [4.69, 9.17) is 14.5 Å². The van der Waals surface area contributed by atoms with Crippen molar-refractivity contribution in [1.29, 1.82) is 0 Å². The fourth-order valence-electron chi connectivity index (χ4n) is 12.2. The van der Waals surface area contributed by atoms with Crippen LogP contribution in [0.25, 0.3) is 22.4 Å². The first-order valence-corrected chi connectivity index (χ1v) is 18.0. The van der Waals surface area contributed by atoms with Crippen molar-refractivity contribution in [3.63, 3.8) is 0 Å². The number of nitrogens with zero attached hydrogens (tertiary/aromatic N) is 1. The summed E-state index contributed by atoms with van der Waals surface area (Å²) in [6, 6.07) is 13.4. The summed E-state index contributed by atoms with van der Waals surface area (Å²) in [5, 5.41) is 6.39. The molecular formula is C39H44N4O6. The molecule has 256 valence electrons. The van der Waals surface area contributed by atoms with Crippen molar-refractivity contribution in [2.75, 3.05) is 10.6 Å². The number of amides is 2. The molecule has 8 aliphatic rings. The molecule has 1 heterocycles. The van der Waals surface area contributed by atoms with Gasteiger partial charge < -0.3 is 25.1 Å². The Hall–Kier alpha value is -4.21. The molecule has 8 aliphatic carbocycles. The maximum Gasteiger partial charge on any atom is 0.303 e. The zero-order valence-electron chi connectivity index (χ0n) is 28.2. The third-order valence-electron chi connectivity index (χ3n) is 12.9. The second kappa shape index (κ2) is 10.6. The van der Waals surface area contributed by atoms with Crippen LogP contribution in [-0.4, -0.2) is 44.9 Å². The number of ether oxygens (including phenoxy) is 2. The lowest BCUT2D eigenvalue weighted by Gasteiger charge is -2.60. The molecule has 11 rings (SSSR count). The molecule has 10 nitrogen and oxygen atoms in total. The minimum atomic E-state index is -0.510. The Morgan fingerprint density at radius 1 is 0.673 bits per heavy atom. The Morgan fingerprint density at radius 3 is 1.63 bits per heavy atom. The van der Waals surface area contributed by atoms with Gasteiger partial charge in [0.25, 0.3) is 0 Å². The third-order valence-corrected chi connectivity index (χ3v) is 12.9. The van der Waals surface area contributed by atoms with Crippen LogP contribution in [0.1, 0.15) is 90.9 Å². The Morgan fingerprint density at radius 2 is 1.14 bits per heavy atom. The van der Waals surface area contributed by atoms with E-state index >= 15 is 0 Å². The van der Waals surface area contributed by atoms with Crippen LogP contribution in [0, 0.1) is 34.5 Å². The van der Waals surface area contributed by atoms with Gasteiger partial charge in [-0.25, -0.2) is 4.98 Å². The standard InChI is InChI=1S/C39H44N4O6/c1-22(44)48-38-16-24-9-25(17-38)13-36(12-24,20-38)34(46)40-29-5-3-28(4-6-29)33-42-31-8-7-30(11-32(31)43-33)41-35(47)37-14-26-10-27(15-37)19-39(18-26,21-37)49-23(2)45/h3-8,11,24-27H,9-10,12-21H2,1-2H3,(H,40,46)(H,41,47)(H,42,43). The number of esters is 2. The number of rotatable bonds is 7. The molecule has 0 saturated heterocycles. The minimum Gasteiger partial charge on any atom is -0.459 e. The Balaban J connectivity index is 0.886. The Kier molecular flexibility index (Phi) is 6.70. The molecule has 0 aliphatic heterocycles. The molecule has 10 heteroatoms. The largest absolute Gasteiger partial charge is 0.459 e. The van der Waals surface area contributed by atoms with E-state index in [1.54, 1.807) is 0 Å². The zero-order valence-corrected chi connectivity index (χ0v) is 28.2. The van der Waals surface area contributed by atoms with Gasteiger partial charge in [0.05, 0.1) is 21.9 Å². The van der Waals surface area contributed by atoms with Crippen LogP contribution in [0.2, 0.25) is 0 Å². The second-order valence-corrected chi connectivity index (χ2v) is 16.8. The van der Waals surface area contributed by atoms with Gasteiger partial charge in [0, 0.05) is 43.6 Å². The van der Waals surface area contributed by atoms with Crippen molar-refractivity contribution in [1.82, 2.24) is 9.97 Å². The van der Waals surface area contributed by atoms with Gasteiger partial charge in [-0.2, -0.15) is 0 Å². The highest BCUT2D eigenvalue weighted by atomic mass is 16.6. The number of hydrogen-bond acceptors (Lipinski definition) is 7. The lowest BCUT2D eigenvalue weighted by atomic mass is 9.47. The van der Waals surface area contributed by atoms with E-state index in [-0.39, 0.29) is 23.8 Å². The molecule has 0 radical (unpaired) electrons. The number of anilines is 2. The first kappa shape index (κ1) is 30.8. The molecule has 2 amide bonds. The predicted octanol–water partition coefficient (Wildman–Crippen LogP) is 6.91. The summed E-state index contributed by atoms with van der Waals surface area (Å²) in [5.74, 6) is 1.91. The summed E-state index contributed by atoms with van der Waals surface area (Å²) in [6.07, 6.45) is 10.3. The van der Waals surface area contributed by atoms with Crippen molar-refractivity contribution >= 4 is 46.2 Å². The first-order valence-electron chi connectivity index (χ1n) is 18.0. The summed E-state index contributed by atoms with van der Waals surface area (Å²) >= 11 is 0. The highest BCUT2D eigenvalue weighted by Crippen LogP contribution is 2.64. The second-order valence-electron chi connectivity index (χ2n) is 16.8. The van der Waals surface area contributed by atoms with Gasteiger partial charge >= 0.3 is 11.9 Å². The highest BCUT2D eigenvalue weighted by molar-refractivity contribution is 5.98. The monoisotopic (exact) mass is 664 g/mol. The average Bonchev–Trinajstić information content (AvgIpc) is 3.42. The van der Waals surface area contributed by atoms with Crippen LogP contribution in [0.5, 0.6) is 0 Å². The topological polar surface area (TPSA) is 139 Å². The van der Waals surface area contributed by atoms with Crippen LogP contribution in [-0.2, 0) is 28.7 Å². The number of benzene rings is 2. The number of aromatic amines is 1. The molecule has 8 bridgehead atoms. The van der Waals surface area contributed by atoms with Crippen LogP contribution >= 0.6 is 0 Å². The molecular weight excluding hydrogens is 620 g/mol. The molecule has 3 N–H and O–H groups in total. The number of nitrogens with one attached hydrogen (secondary N) is 3. The van der Waals surface area contributed by atoms with Crippen LogP contribution < -0.4 is 10.6 Å². The minimum absolute atomic E-state index is 0.0185. The normalized spacial score (nSPS) is 36.4. The van der Waals surface area contributed by atoms with Crippen LogP contribution in [0.15, 0.2) is 42.5 Å². The van der Waals surface area contributed by atoms with Crippen molar-refractivity contribution in [2.45, 2.75) is 102 Å². The zero-order chi connectivity index (χ0) is 33.8. The van der Waals surface area contributed by atoms with Gasteiger partial charge in [-0.1, -0.05) is 0 Å².